The first-order chi connectivity index (χ1) is 17.3. The summed E-state index contributed by atoms with van der Waals surface area (Å²) >= 11 is 9.44. The summed E-state index contributed by atoms with van der Waals surface area (Å²) in [4.78, 5) is 39.4. The van der Waals surface area contributed by atoms with E-state index in [0.29, 0.717) is 45.5 Å². The zero-order valence-electron chi connectivity index (χ0n) is 19.5. The number of ether oxygens (including phenoxy) is 2. The number of nitrogens with zero attached hydrogens (tertiary/aromatic N) is 1. The summed E-state index contributed by atoms with van der Waals surface area (Å²) in [5.74, 6) is -0.567. The molecule has 1 aliphatic heterocycles. The van der Waals surface area contributed by atoms with Crippen molar-refractivity contribution in [3.05, 3.63) is 92.4 Å². The number of rotatable bonds is 7. The molecule has 184 valence electrons. The summed E-state index contributed by atoms with van der Waals surface area (Å²) in [6.45, 7) is 4.29. The molecule has 1 N–H and O–H groups in total. The van der Waals surface area contributed by atoms with Gasteiger partial charge in [-0.3, -0.25) is 14.9 Å². The van der Waals surface area contributed by atoms with Crippen molar-refractivity contribution in [2.24, 2.45) is 0 Å². The van der Waals surface area contributed by atoms with Gasteiger partial charge in [0, 0.05) is 9.50 Å². The average Bonchev–Trinajstić information content (AvgIpc) is 2.84. The van der Waals surface area contributed by atoms with Crippen molar-refractivity contribution < 1.29 is 23.9 Å². The van der Waals surface area contributed by atoms with Crippen molar-refractivity contribution in [1.29, 1.82) is 0 Å². The van der Waals surface area contributed by atoms with Gasteiger partial charge in [0.15, 0.2) is 11.5 Å². The SMILES string of the molecule is CCOc1cc(/C=C2\C(=O)NC(=O)N(c3ccccc3C)C2=O)c(Br)cc1OCc1ccc(Cl)cc1. The lowest BCUT2D eigenvalue weighted by molar-refractivity contribution is -0.122. The van der Waals surface area contributed by atoms with Gasteiger partial charge in [0.05, 0.1) is 12.3 Å². The van der Waals surface area contributed by atoms with Gasteiger partial charge in [0.1, 0.15) is 12.2 Å². The molecule has 36 heavy (non-hydrogen) atoms. The molecule has 4 rings (SSSR count). The summed E-state index contributed by atoms with van der Waals surface area (Å²) in [5.41, 5.74) is 2.37. The Balaban J connectivity index is 1.67. The molecule has 1 saturated heterocycles. The predicted octanol–water partition coefficient (Wildman–Crippen LogP) is 6.06. The molecule has 0 bridgehead atoms. The fraction of sp³-hybridized carbons (Fsp3) is 0.148. The van der Waals surface area contributed by atoms with Crippen LogP contribution in [0.5, 0.6) is 11.5 Å². The number of aryl methyl sites for hydroxylation is 1. The first kappa shape index (κ1) is 25.5. The minimum absolute atomic E-state index is 0.184. The lowest BCUT2D eigenvalue weighted by atomic mass is 10.1. The molecule has 1 aliphatic rings. The van der Waals surface area contributed by atoms with Crippen LogP contribution in [-0.2, 0) is 16.2 Å². The zero-order chi connectivity index (χ0) is 25.8. The van der Waals surface area contributed by atoms with Crippen LogP contribution < -0.4 is 19.7 Å². The van der Waals surface area contributed by atoms with Gasteiger partial charge >= 0.3 is 6.03 Å². The summed E-state index contributed by atoms with van der Waals surface area (Å²) < 4.78 is 12.3. The first-order valence-electron chi connectivity index (χ1n) is 11.1. The maximum atomic E-state index is 13.3. The number of carbonyl (C=O) groups is 3. The molecule has 0 spiro atoms. The Morgan fingerprint density at radius 3 is 2.39 bits per heavy atom. The minimum Gasteiger partial charge on any atom is -0.490 e. The molecule has 0 aliphatic carbocycles. The van der Waals surface area contributed by atoms with E-state index < -0.39 is 17.8 Å². The van der Waals surface area contributed by atoms with Crippen LogP contribution in [0.2, 0.25) is 5.02 Å². The molecular weight excluding hydrogens is 548 g/mol. The highest BCUT2D eigenvalue weighted by Crippen LogP contribution is 2.36. The molecule has 4 amide bonds. The van der Waals surface area contributed by atoms with Gasteiger partial charge in [-0.1, -0.05) is 57.9 Å². The van der Waals surface area contributed by atoms with Gasteiger partial charge < -0.3 is 9.47 Å². The number of carbonyl (C=O) groups excluding carboxylic acids is 3. The van der Waals surface area contributed by atoms with Crippen LogP contribution in [0.3, 0.4) is 0 Å². The molecule has 7 nitrogen and oxygen atoms in total. The number of benzene rings is 3. The highest BCUT2D eigenvalue weighted by molar-refractivity contribution is 9.10. The molecular formula is C27H22BrClN2O5. The Morgan fingerprint density at radius 2 is 1.69 bits per heavy atom. The van der Waals surface area contributed by atoms with Gasteiger partial charge in [0.25, 0.3) is 11.8 Å². The van der Waals surface area contributed by atoms with Crippen LogP contribution in [0.4, 0.5) is 10.5 Å². The van der Waals surface area contributed by atoms with Crippen molar-refractivity contribution in [2.45, 2.75) is 20.5 Å². The molecule has 0 unspecified atom stereocenters. The molecule has 0 atom stereocenters. The van der Waals surface area contributed by atoms with Crippen molar-refractivity contribution >= 4 is 57.1 Å². The minimum atomic E-state index is -0.795. The van der Waals surface area contributed by atoms with E-state index in [1.165, 1.54) is 6.08 Å². The normalized spacial score (nSPS) is 14.7. The Hall–Kier alpha value is -3.62. The summed E-state index contributed by atoms with van der Waals surface area (Å²) in [5, 5.41) is 2.88. The Morgan fingerprint density at radius 1 is 1.00 bits per heavy atom. The molecule has 0 radical (unpaired) electrons. The molecule has 3 aromatic rings. The van der Waals surface area contributed by atoms with Crippen LogP contribution in [0.1, 0.15) is 23.6 Å². The largest absolute Gasteiger partial charge is 0.490 e. The standard InChI is InChI=1S/C27H22BrClN2O5/c1-3-35-23-13-18(21(28)14-24(23)36-15-17-8-10-19(29)11-9-17)12-20-25(32)30-27(34)31(26(20)33)22-7-5-4-6-16(22)2/h4-14H,3,15H2,1-2H3,(H,30,32,34)/b20-12+. The second kappa shape index (κ2) is 11.0. The van der Waals surface area contributed by atoms with E-state index in [-0.39, 0.29) is 5.57 Å². The first-order valence-corrected chi connectivity index (χ1v) is 12.3. The highest BCUT2D eigenvalue weighted by atomic mass is 79.9. The van der Waals surface area contributed by atoms with E-state index in [1.807, 2.05) is 19.1 Å². The molecule has 1 heterocycles. The zero-order valence-corrected chi connectivity index (χ0v) is 21.9. The summed E-state index contributed by atoms with van der Waals surface area (Å²) in [7, 11) is 0. The molecule has 1 fully saturated rings. The number of hydrogen-bond donors (Lipinski definition) is 1. The number of amides is 4. The molecule has 9 heteroatoms. The third-order valence-corrected chi connectivity index (χ3v) is 6.37. The number of urea groups is 1. The van der Waals surface area contributed by atoms with Crippen LogP contribution >= 0.6 is 27.5 Å². The molecule has 3 aromatic carbocycles. The van der Waals surface area contributed by atoms with E-state index in [2.05, 4.69) is 21.2 Å². The fourth-order valence-electron chi connectivity index (χ4n) is 3.63. The van der Waals surface area contributed by atoms with E-state index in [0.717, 1.165) is 16.0 Å². The lowest BCUT2D eigenvalue weighted by Gasteiger charge is -2.27. The van der Waals surface area contributed by atoms with Crippen LogP contribution in [0.15, 0.2) is 70.7 Å². The Labute approximate surface area is 221 Å². The van der Waals surface area contributed by atoms with E-state index in [4.69, 9.17) is 21.1 Å². The third-order valence-electron chi connectivity index (χ3n) is 5.43. The van der Waals surface area contributed by atoms with E-state index in [9.17, 15) is 14.4 Å². The molecule has 0 aromatic heterocycles. The van der Waals surface area contributed by atoms with Gasteiger partial charge in [-0.05, 0) is 66.9 Å². The second-order valence-corrected chi connectivity index (χ2v) is 9.20. The number of hydrogen-bond acceptors (Lipinski definition) is 5. The Kier molecular flexibility index (Phi) is 7.76. The smallest absolute Gasteiger partial charge is 0.335 e. The van der Waals surface area contributed by atoms with Crippen LogP contribution in [-0.4, -0.2) is 24.5 Å². The van der Waals surface area contributed by atoms with Crippen molar-refractivity contribution in [1.82, 2.24) is 5.32 Å². The number of halogens is 2. The van der Waals surface area contributed by atoms with Crippen molar-refractivity contribution in [3.63, 3.8) is 0 Å². The number of anilines is 1. The quantitative estimate of drug-likeness (QED) is 0.276. The fourth-order valence-corrected chi connectivity index (χ4v) is 4.19. The third kappa shape index (κ3) is 5.45. The van der Waals surface area contributed by atoms with Gasteiger partial charge in [-0.15, -0.1) is 0 Å². The predicted molar refractivity (Wildman–Crippen MR) is 141 cm³/mol. The molecule has 0 saturated carbocycles. The Bertz CT molecular complexity index is 1370. The summed E-state index contributed by atoms with van der Waals surface area (Å²) in [6, 6.07) is 16.8. The monoisotopic (exact) mass is 568 g/mol. The second-order valence-electron chi connectivity index (χ2n) is 7.91. The number of nitrogens with one attached hydrogen (secondary N) is 1. The van der Waals surface area contributed by atoms with Crippen molar-refractivity contribution in [2.75, 3.05) is 11.5 Å². The summed E-state index contributed by atoms with van der Waals surface area (Å²) in [6.07, 6.45) is 1.42. The topological polar surface area (TPSA) is 84.9 Å². The lowest BCUT2D eigenvalue weighted by Crippen LogP contribution is -2.54. The van der Waals surface area contributed by atoms with E-state index >= 15 is 0 Å². The van der Waals surface area contributed by atoms with Crippen molar-refractivity contribution in [3.8, 4) is 11.5 Å². The number of barbiturate groups is 1. The van der Waals surface area contributed by atoms with Crippen LogP contribution in [0, 0.1) is 6.92 Å². The maximum Gasteiger partial charge on any atom is 0.335 e. The van der Waals surface area contributed by atoms with Crippen LogP contribution in [0.25, 0.3) is 6.08 Å². The number of para-hydroxylation sites is 1. The highest BCUT2D eigenvalue weighted by Gasteiger charge is 2.37. The van der Waals surface area contributed by atoms with Gasteiger partial charge in [-0.25, -0.2) is 9.69 Å². The number of imide groups is 2. The van der Waals surface area contributed by atoms with E-state index in [1.54, 1.807) is 55.5 Å². The average molecular weight is 570 g/mol. The maximum absolute atomic E-state index is 13.3. The van der Waals surface area contributed by atoms with Gasteiger partial charge in [0.2, 0.25) is 0 Å². The van der Waals surface area contributed by atoms with Gasteiger partial charge in [-0.2, -0.15) is 0 Å².